The van der Waals surface area contributed by atoms with Gasteiger partial charge in [-0.15, -0.1) is 0 Å². The number of fused-ring (bicyclic) bond motifs is 1. The molecule has 19 heavy (non-hydrogen) atoms. The number of para-hydroxylation sites is 1. The van der Waals surface area contributed by atoms with Crippen molar-refractivity contribution in [2.45, 2.75) is 6.42 Å². The van der Waals surface area contributed by atoms with Crippen molar-refractivity contribution in [2.24, 2.45) is 0 Å². The molecule has 0 N–H and O–H groups in total. The van der Waals surface area contributed by atoms with Gasteiger partial charge in [-0.25, -0.2) is 0 Å². The van der Waals surface area contributed by atoms with Crippen molar-refractivity contribution in [1.82, 2.24) is 4.98 Å². The van der Waals surface area contributed by atoms with Crippen molar-refractivity contribution in [3.8, 4) is 0 Å². The summed E-state index contributed by atoms with van der Waals surface area (Å²) in [6.07, 6.45) is 0.203. The van der Waals surface area contributed by atoms with Crippen LogP contribution in [0.5, 0.6) is 0 Å². The molecular weight excluding hydrogens is 262 g/mol. The second-order valence-corrected chi connectivity index (χ2v) is 4.57. The van der Waals surface area contributed by atoms with Gasteiger partial charge in [-0.05, 0) is 35.9 Å². The first-order chi connectivity index (χ1) is 9.22. The number of benzene rings is 1. The number of halogens is 1. The van der Waals surface area contributed by atoms with Crippen LogP contribution in [0.1, 0.15) is 16.2 Å². The molecule has 4 heteroatoms. The summed E-state index contributed by atoms with van der Waals surface area (Å²) in [4.78, 5) is 16.4. The van der Waals surface area contributed by atoms with E-state index in [9.17, 15) is 4.79 Å². The third-order valence-corrected chi connectivity index (χ3v) is 3.05. The number of hydrogen-bond donors (Lipinski definition) is 0. The number of rotatable bonds is 3. The topological polar surface area (TPSA) is 43.1 Å². The van der Waals surface area contributed by atoms with Gasteiger partial charge in [0.25, 0.3) is 0 Å². The SMILES string of the molecule is O=C(Cc1ccc2ccccc2n1)c1ccc(Cl)o1. The molecule has 0 unspecified atom stereocenters. The summed E-state index contributed by atoms with van der Waals surface area (Å²) in [5, 5.41) is 1.27. The van der Waals surface area contributed by atoms with E-state index in [-0.39, 0.29) is 23.2 Å². The first kappa shape index (κ1) is 11.9. The van der Waals surface area contributed by atoms with Gasteiger partial charge < -0.3 is 4.42 Å². The highest BCUT2D eigenvalue weighted by Crippen LogP contribution is 2.16. The minimum Gasteiger partial charge on any atom is -0.442 e. The number of carbonyl (C=O) groups excluding carboxylic acids is 1. The molecule has 1 aromatic carbocycles. The third kappa shape index (κ3) is 2.51. The average Bonchev–Trinajstić information content (AvgIpc) is 2.85. The minimum absolute atomic E-state index is 0.130. The molecule has 0 amide bonds. The zero-order valence-corrected chi connectivity index (χ0v) is 10.7. The van der Waals surface area contributed by atoms with Gasteiger partial charge in [-0.3, -0.25) is 9.78 Å². The molecule has 3 aromatic rings. The van der Waals surface area contributed by atoms with Gasteiger partial charge in [0.1, 0.15) is 0 Å². The normalized spacial score (nSPS) is 10.8. The lowest BCUT2D eigenvalue weighted by Crippen LogP contribution is -2.03. The lowest BCUT2D eigenvalue weighted by molar-refractivity contribution is 0.0965. The standard InChI is InChI=1S/C15H10ClNO2/c16-15-8-7-14(19-15)13(18)9-11-6-5-10-3-1-2-4-12(10)17-11/h1-8H,9H2. The van der Waals surface area contributed by atoms with Crippen LogP contribution in [0, 0.1) is 0 Å². The van der Waals surface area contributed by atoms with E-state index in [0.717, 1.165) is 16.6 Å². The number of hydrogen-bond acceptors (Lipinski definition) is 3. The smallest absolute Gasteiger partial charge is 0.203 e. The van der Waals surface area contributed by atoms with Crippen LogP contribution < -0.4 is 0 Å². The summed E-state index contributed by atoms with van der Waals surface area (Å²) in [6, 6.07) is 14.7. The largest absolute Gasteiger partial charge is 0.442 e. The number of aromatic nitrogens is 1. The highest BCUT2D eigenvalue weighted by molar-refractivity contribution is 6.29. The van der Waals surface area contributed by atoms with E-state index in [1.807, 2.05) is 36.4 Å². The van der Waals surface area contributed by atoms with Crippen LogP contribution in [0.15, 0.2) is 52.9 Å². The number of carbonyl (C=O) groups is 1. The first-order valence-corrected chi connectivity index (χ1v) is 6.23. The van der Waals surface area contributed by atoms with Crippen molar-refractivity contribution >= 4 is 28.3 Å². The summed E-state index contributed by atoms with van der Waals surface area (Å²) in [7, 11) is 0. The predicted molar refractivity (Wildman–Crippen MR) is 73.5 cm³/mol. The van der Waals surface area contributed by atoms with Crippen LogP contribution in [0.4, 0.5) is 0 Å². The molecule has 0 aliphatic rings. The van der Waals surface area contributed by atoms with Gasteiger partial charge in [0.15, 0.2) is 11.0 Å². The van der Waals surface area contributed by atoms with E-state index in [1.54, 1.807) is 12.1 Å². The van der Waals surface area contributed by atoms with Crippen LogP contribution in [0.25, 0.3) is 10.9 Å². The molecule has 0 fully saturated rings. The highest BCUT2D eigenvalue weighted by atomic mass is 35.5. The van der Waals surface area contributed by atoms with Crippen LogP contribution >= 0.6 is 11.6 Å². The molecule has 2 heterocycles. The van der Waals surface area contributed by atoms with Crippen LogP contribution in [-0.2, 0) is 6.42 Å². The van der Waals surface area contributed by atoms with Crippen molar-refractivity contribution in [3.05, 3.63) is 65.2 Å². The number of Topliss-reactive ketones (excluding diaryl/α,β-unsaturated/α-hetero) is 1. The van der Waals surface area contributed by atoms with E-state index in [0.29, 0.717) is 0 Å². The summed E-state index contributed by atoms with van der Waals surface area (Å²) in [6.45, 7) is 0. The minimum atomic E-state index is -0.130. The van der Waals surface area contributed by atoms with Crippen LogP contribution in [0.2, 0.25) is 5.22 Å². The summed E-state index contributed by atoms with van der Waals surface area (Å²) in [5.41, 5.74) is 1.60. The van der Waals surface area contributed by atoms with Gasteiger partial charge in [0, 0.05) is 11.1 Å². The molecule has 0 saturated heterocycles. The van der Waals surface area contributed by atoms with E-state index in [4.69, 9.17) is 16.0 Å². The molecule has 3 rings (SSSR count). The Morgan fingerprint density at radius 3 is 2.74 bits per heavy atom. The number of furan rings is 1. The van der Waals surface area contributed by atoms with E-state index >= 15 is 0 Å². The summed E-state index contributed by atoms with van der Waals surface area (Å²) >= 11 is 5.65. The van der Waals surface area contributed by atoms with Crippen molar-refractivity contribution in [2.75, 3.05) is 0 Å². The van der Waals surface area contributed by atoms with E-state index in [2.05, 4.69) is 4.98 Å². The summed E-state index contributed by atoms with van der Waals surface area (Å²) < 4.78 is 5.09. The maximum absolute atomic E-state index is 12.0. The number of pyridine rings is 1. The molecule has 0 saturated carbocycles. The fourth-order valence-corrected chi connectivity index (χ4v) is 2.07. The van der Waals surface area contributed by atoms with Gasteiger partial charge in [-0.1, -0.05) is 24.3 Å². The fraction of sp³-hybridized carbons (Fsp3) is 0.0667. The Hall–Kier alpha value is -2.13. The van der Waals surface area contributed by atoms with E-state index < -0.39 is 0 Å². The molecule has 3 nitrogen and oxygen atoms in total. The molecular formula is C15H10ClNO2. The Kier molecular flexibility index (Phi) is 3.05. The Morgan fingerprint density at radius 2 is 1.95 bits per heavy atom. The van der Waals surface area contributed by atoms with E-state index in [1.165, 1.54) is 0 Å². The predicted octanol–water partition coefficient (Wildman–Crippen LogP) is 3.91. The van der Waals surface area contributed by atoms with Crippen molar-refractivity contribution < 1.29 is 9.21 Å². The van der Waals surface area contributed by atoms with Crippen molar-refractivity contribution in [3.63, 3.8) is 0 Å². The van der Waals surface area contributed by atoms with Crippen LogP contribution in [-0.4, -0.2) is 10.8 Å². The van der Waals surface area contributed by atoms with Gasteiger partial charge in [0.05, 0.1) is 11.9 Å². The molecule has 94 valence electrons. The van der Waals surface area contributed by atoms with Crippen molar-refractivity contribution in [1.29, 1.82) is 0 Å². The Labute approximate surface area is 114 Å². The van der Waals surface area contributed by atoms with Gasteiger partial charge >= 0.3 is 0 Å². The lowest BCUT2D eigenvalue weighted by Gasteiger charge is -2.01. The summed E-state index contributed by atoms with van der Waals surface area (Å²) in [5.74, 6) is 0.134. The Balaban J connectivity index is 1.87. The zero-order chi connectivity index (χ0) is 13.2. The van der Waals surface area contributed by atoms with Gasteiger partial charge in [0.2, 0.25) is 5.78 Å². The number of ketones is 1. The monoisotopic (exact) mass is 271 g/mol. The third-order valence-electron chi connectivity index (χ3n) is 2.85. The number of nitrogens with zero attached hydrogens (tertiary/aromatic N) is 1. The second-order valence-electron chi connectivity index (χ2n) is 4.20. The lowest BCUT2D eigenvalue weighted by atomic mass is 10.1. The molecule has 0 aliphatic carbocycles. The quantitative estimate of drug-likeness (QED) is 0.679. The molecule has 0 bridgehead atoms. The molecule has 0 atom stereocenters. The first-order valence-electron chi connectivity index (χ1n) is 5.85. The molecule has 0 aliphatic heterocycles. The maximum Gasteiger partial charge on any atom is 0.203 e. The average molecular weight is 272 g/mol. The van der Waals surface area contributed by atoms with Gasteiger partial charge in [-0.2, -0.15) is 0 Å². The maximum atomic E-state index is 12.0. The molecule has 0 radical (unpaired) electrons. The Bertz CT molecular complexity index is 748. The Morgan fingerprint density at radius 1 is 1.11 bits per heavy atom. The second kappa shape index (κ2) is 4.86. The van der Waals surface area contributed by atoms with Crippen LogP contribution in [0.3, 0.4) is 0 Å². The zero-order valence-electron chi connectivity index (χ0n) is 9.97. The molecule has 2 aromatic heterocycles. The molecule has 0 spiro atoms. The fourth-order valence-electron chi connectivity index (χ4n) is 1.92. The highest BCUT2D eigenvalue weighted by Gasteiger charge is 2.12.